The van der Waals surface area contributed by atoms with E-state index in [1.807, 2.05) is 0 Å². The van der Waals surface area contributed by atoms with Crippen molar-refractivity contribution in [1.82, 2.24) is 4.98 Å². The van der Waals surface area contributed by atoms with Crippen LogP contribution in [0, 0.1) is 6.92 Å². The van der Waals surface area contributed by atoms with Crippen LogP contribution < -0.4 is 0 Å². The lowest BCUT2D eigenvalue weighted by Crippen LogP contribution is -2.22. The largest absolute Gasteiger partial charge is 0.477 e. The third-order valence-electron chi connectivity index (χ3n) is 3.06. The second-order valence-electron chi connectivity index (χ2n) is 4.14. The molecule has 0 unspecified atom stereocenters. The van der Waals surface area contributed by atoms with Crippen molar-refractivity contribution in [2.45, 2.75) is 31.4 Å². The molecule has 17 heavy (non-hydrogen) atoms. The van der Waals surface area contributed by atoms with Crippen LogP contribution in [0.4, 0.5) is 0 Å². The van der Waals surface area contributed by atoms with E-state index in [1.165, 1.54) is 0 Å². The minimum Gasteiger partial charge on any atom is -0.477 e. The number of hydrogen-bond acceptors (Lipinski definition) is 5. The molecule has 7 heteroatoms. The molecule has 0 bridgehead atoms. The Balaban J connectivity index is 2.49. The molecule has 0 aliphatic heterocycles. The predicted octanol–water partition coefficient (Wildman–Crippen LogP) is 1.57. The second-order valence-corrected chi connectivity index (χ2v) is 7.72. The van der Waals surface area contributed by atoms with E-state index in [4.69, 9.17) is 5.11 Å². The second kappa shape index (κ2) is 3.78. The summed E-state index contributed by atoms with van der Waals surface area (Å²) >= 11 is 0.989. The molecule has 1 aromatic heterocycles. The molecule has 1 aromatic rings. The lowest BCUT2D eigenvalue weighted by atomic mass is 10.4. The van der Waals surface area contributed by atoms with Gasteiger partial charge in [0.15, 0.2) is 9.84 Å². The van der Waals surface area contributed by atoms with Gasteiger partial charge in [0.1, 0.15) is 14.6 Å². The maximum atomic E-state index is 12.0. The van der Waals surface area contributed by atoms with E-state index in [0.29, 0.717) is 23.5 Å². The molecule has 0 amide bonds. The summed E-state index contributed by atoms with van der Waals surface area (Å²) in [6.45, 7) is 3.20. The molecule has 0 radical (unpaired) electrons. The summed E-state index contributed by atoms with van der Waals surface area (Å²) in [5.74, 6) is -0.982. The monoisotopic (exact) mass is 275 g/mol. The fourth-order valence-electron chi connectivity index (χ4n) is 1.84. The van der Waals surface area contributed by atoms with E-state index in [1.54, 1.807) is 13.8 Å². The van der Waals surface area contributed by atoms with Crippen molar-refractivity contribution >= 4 is 27.1 Å². The Morgan fingerprint density at radius 1 is 1.53 bits per heavy atom. The van der Waals surface area contributed by atoms with Gasteiger partial charge in [0.05, 0.1) is 5.69 Å². The maximum absolute atomic E-state index is 12.0. The van der Waals surface area contributed by atoms with Crippen LogP contribution in [0.2, 0.25) is 0 Å². The van der Waals surface area contributed by atoms with Crippen LogP contribution in [0.3, 0.4) is 0 Å². The summed E-state index contributed by atoms with van der Waals surface area (Å²) in [6.07, 6.45) is 1.10. The minimum atomic E-state index is -3.21. The highest BCUT2D eigenvalue weighted by Crippen LogP contribution is 2.54. The lowest BCUT2D eigenvalue weighted by Gasteiger charge is -2.11. The van der Waals surface area contributed by atoms with Gasteiger partial charge in [-0.05, 0) is 19.8 Å². The van der Waals surface area contributed by atoms with Crippen molar-refractivity contribution < 1.29 is 18.3 Å². The van der Waals surface area contributed by atoms with Crippen LogP contribution in [0.5, 0.6) is 0 Å². The van der Waals surface area contributed by atoms with Gasteiger partial charge in [-0.15, -0.1) is 11.3 Å². The third kappa shape index (κ3) is 1.77. The van der Waals surface area contributed by atoms with E-state index in [-0.39, 0.29) is 10.6 Å². The van der Waals surface area contributed by atoms with Crippen molar-refractivity contribution in [3.8, 4) is 0 Å². The summed E-state index contributed by atoms with van der Waals surface area (Å²) in [4.78, 5) is 15.2. The molecule has 1 heterocycles. The van der Waals surface area contributed by atoms with Crippen LogP contribution in [0.15, 0.2) is 0 Å². The van der Waals surface area contributed by atoms with Gasteiger partial charge in [-0.2, -0.15) is 0 Å². The Hall–Kier alpha value is -0.950. The van der Waals surface area contributed by atoms with Crippen molar-refractivity contribution in [2.24, 2.45) is 0 Å². The first-order chi connectivity index (χ1) is 7.84. The fourth-order valence-corrected chi connectivity index (χ4v) is 4.98. The molecule has 1 aliphatic carbocycles. The van der Waals surface area contributed by atoms with Crippen LogP contribution in [0.1, 0.15) is 40.1 Å². The van der Waals surface area contributed by atoms with Crippen molar-refractivity contribution in [3.05, 3.63) is 15.6 Å². The molecule has 1 saturated carbocycles. The van der Waals surface area contributed by atoms with Gasteiger partial charge >= 0.3 is 5.97 Å². The molecule has 0 atom stereocenters. The average molecular weight is 275 g/mol. The quantitative estimate of drug-likeness (QED) is 0.901. The molecule has 1 N–H and O–H groups in total. The zero-order valence-electron chi connectivity index (χ0n) is 9.56. The van der Waals surface area contributed by atoms with E-state index >= 15 is 0 Å². The topological polar surface area (TPSA) is 84.3 Å². The van der Waals surface area contributed by atoms with Crippen molar-refractivity contribution in [1.29, 1.82) is 0 Å². The average Bonchev–Trinajstić information content (AvgIpc) is 2.98. The number of nitrogens with zero attached hydrogens (tertiary/aromatic N) is 1. The van der Waals surface area contributed by atoms with E-state index in [0.717, 1.165) is 11.3 Å². The van der Waals surface area contributed by atoms with Gasteiger partial charge in [-0.1, -0.05) is 6.92 Å². The number of carboxylic acid groups (broad SMARTS) is 1. The first-order valence-electron chi connectivity index (χ1n) is 5.27. The first-order valence-corrected chi connectivity index (χ1v) is 7.74. The molecule has 1 aliphatic rings. The number of aromatic nitrogens is 1. The third-order valence-corrected chi connectivity index (χ3v) is 7.09. The van der Waals surface area contributed by atoms with Crippen LogP contribution >= 0.6 is 11.3 Å². The number of carboxylic acids is 1. The van der Waals surface area contributed by atoms with Crippen LogP contribution in [-0.2, 0) is 14.6 Å². The Morgan fingerprint density at radius 2 is 2.12 bits per heavy atom. The standard InChI is InChI=1S/C10H13NO4S2/c1-3-17(14,15)10(4-5-10)9-11-6(2)7(16-9)8(12)13/h3-5H2,1-2H3,(H,12,13). The zero-order chi connectivity index (χ0) is 12.8. The van der Waals surface area contributed by atoms with Gasteiger partial charge in [-0.3, -0.25) is 0 Å². The molecule has 0 spiro atoms. The molecule has 2 rings (SSSR count). The van der Waals surface area contributed by atoms with Gasteiger partial charge < -0.3 is 5.11 Å². The highest BCUT2D eigenvalue weighted by Gasteiger charge is 2.57. The SMILES string of the molecule is CCS(=O)(=O)C1(c2nc(C)c(C(=O)O)s2)CC1. The van der Waals surface area contributed by atoms with Gasteiger partial charge in [0, 0.05) is 5.75 Å². The minimum absolute atomic E-state index is 0.0635. The summed E-state index contributed by atoms with van der Waals surface area (Å²) in [5.41, 5.74) is 0.398. The molecule has 5 nitrogen and oxygen atoms in total. The summed E-state index contributed by atoms with van der Waals surface area (Å²) in [7, 11) is -3.21. The number of rotatable bonds is 4. The fraction of sp³-hybridized carbons (Fsp3) is 0.600. The molecule has 0 aromatic carbocycles. The number of sulfone groups is 1. The van der Waals surface area contributed by atoms with Gasteiger partial charge in [0.25, 0.3) is 0 Å². The van der Waals surface area contributed by atoms with E-state index < -0.39 is 20.6 Å². The molecule has 1 fully saturated rings. The first kappa shape index (κ1) is 12.5. The Bertz CT molecular complexity index is 569. The lowest BCUT2D eigenvalue weighted by molar-refractivity contribution is 0.0701. The Labute approximate surface area is 103 Å². The Kier molecular flexibility index (Phi) is 2.78. The molecule has 94 valence electrons. The molecular weight excluding hydrogens is 262 g/mol. The highest BCUT2D eigenvalue weighted by molar-refractivity contribution is 7.92. The summed E-state index contributed by atoms with van der Waals surface area (Å²) in [6, 6.07) is 0. The summed E-state index contributed by atoms with van der Waals surface area (Å²) < 4.78 is 23.1. The number of hydrogen-bond donors (Lipinski definition) is 1. The van der Waals surface area contributed by atoms with Crippen LogP contribution in [0.25, 0.3) is 0 Å². The normalized spacial score (nSPS) is 18.0. The van der Waals surface area contributed by atoms with E-state index in [9.17, 15) is 13.2 Å². The number of aromatic carboxylic acids is 1. The summed E-state index contributed by atoms with van der Waals surface area (Å²) in [5, 5.41) is 9.39. The maximum Gasteiger partial charge on any atom is 0.347 e. The van der Waals surface area contributed by atoms with Gasteiger partial charge in [0.2, 0.25) is 0 Å². The molecular formula is C10H13NO4S2. The van der Waals surface area contributed by atoms with E-state index in [2.05, 4.69) is 4.98 Å². The number of aryl methyl sites for hydroxylation is 1. The highest BCUT2D eigenvalue weighted by atomic mass is 32.2. The van der Waals surface area contributed by atoms with Crippen molar-refractivity contribution in [3.63, 3.8) is 0 Å². The Morgan fingerprint density at radius 3 is 2.47 bits per heavy atom. The smallest absolute Gasteiger partial charge is 0.347 e. The number of thiazole rings is 1. The predicted molar refractivity (Wildman–Crippen MR) is 64.2 cm³/mol. The van der Waals surface area contributed by atoms with Crippen LogP contribution in [-0.4, -0.2) is 30.2 Å². The van der Waals surface area contributed by atoms with Gasteiger partial charge in [-0.25, -0.2) is 18.2 Å². The zero-order valence-corrected chi connectivity index (χ0v) is 11.2. The van der Waals surface area contributed by atoms with Crippen molar-refractivity contribution in [2.75, 3.05) is 5.75 Å². The molecule has 0 saturated heterocycles. The number of carbonyl (C=O) groups is 1.